The highest BCUT2D eigenvalue weighted by molar-refractivity contribution is 5.94. The number of rotatable bonds is 5. The van der Waals surface area contributed by atoms with Gasteiger partial charge in [0.2, 0.25) is 0 Å². The van der Waals surface area contributed by atoms with Crippen LogP contribution in [0.15, 0.2) is 24.3 Å². The maximum absolute atomic E-state index is 12.5. The molecule has 116 valence electrons. The van der Waals surface area contributed by atoms with Crippen LogP contribution in [0.2, 0.25) is 0 Å². The zero-order valence-electron chi connectivity index (χ0n) is 13.3. The van der Waals surface area contributed by atoms with Gasteiger partial charge in [-0.05, 0) is 37.6 Å². The molecule has 1 saturated heterocycles. The van der Waals surface area contributed by atoms with Gasteiger partial charge in [0.15, 0.2) is 0 Å². The third-order valence-electron chi connectivity index (χ3n) is 3.93. The Kier molecular flexibility index (Phi) is 5.62. The van der Waals surface area contributed by atoms with Crippen molar-refractivity contribution in [2.24, 2.45) is 0 Å². The Morgan fingerprint density at radius 2 is 2.10 bits per heavy atom. The van der Waals surface area contributed by atoms with Crippen molar-refractivity contribution in [2.45, 2.75) is 32.8 Å². The molecule has 21 heavy (non-hydrogen) atoms. The topological polar surface area (TPSA) is 32.8 Å². The van der Waals surface area contributed by atoms with Gasteiger partial charge in [-0.2, -0.15) is 0 Å². The maximum atomic E-state index is 12.5. The summed E-state index contributed by atoms with van der Waals surface area (Å²) in [6.45, 7) is 7.23. The Bertz CT molecular complexity index is 458. The molecule has 0 bridgehead atoms. The smallest absolute Gasteiger partial charge is 0.254 e. The molecule has 2 rings (SSSR count). The summed E-state index contributed by atoms with van der Waals surface area (Å²) < 4.78 is 5.48. The van der Waals surface area contributed by atoms with Gasteiger partial charge >= 0.3 is 0 Å². The number of morpholine rings is 1. The third-order valence-corrected chi connectivity index (χ3v) is 3.93. The average molecular weight is 290 g/mol. The fraction of sp³-hybridized carbons (Fsp3) is 0.588. The maximum Gasteiger partial charge on any atom is 0.254 e. The molecular formula is C17H26N2O2. The SMILES string of the molecule is CCCCN(C)c1ccc(C(=O)N2CCO[C@@H](C)C2)cc1. The van der Waals surface area contributed by atoms with Crippen molar-refractivity contribution < 1.29 is 9.53 Å². The summed E-state index contributed by atoms with van der Waals surface area (Å²) in [6.07, 6.45) is 2.50. The number of unbranched alkanes of at least 4 members (excludes halogenated alkanes) is 1. The molecule has 0 spiro atoms. The van der Waals surface area contributed by atoms with Crippen LogP contribution in [0.3, 0.4) is 0 Å². The van der Waals surface area contributed by atoms with E-state index in [0.29, 0.717) is 19.7 Å². The average Bonchev–Trinajstić information content (AvgIpc) is 2.52. The van der Waals surface area contributed by atoms with Crippen molar-refractivity contribution >= 4 is 11.6 Å². The zero-order chi connectivity index (χ0) is 15.2. The Balaban J connectivity index is 1.99. The molecule has 1 amide bonds. The van der Waals surface area contributed by atoms with Crippen molar-refractivity contribution in [1.82, 2.24) is 4.90 Å². The zero-order valence-corrected chi connectivity index (χ0v) is 13.3. The lowest BCUT2D eigenvalue weighted by molar-refractivity contribution is -0.0124. The van der Waals surface area contributed by atoms with Crippen molar-refractivity contribution in [2.75, 3.05) is 38.2 Å². The van der Waals surface area contributed by atoms with Gasteiger partial charge in [0, 0.05) is 37.9 Å². The molecule has 0 saturated carbocycles. The lowest BCUT2D eigenvalue weighted by Crippen LogP contribution is -2.44. The van der Waals surface area contributed by atoms with Gasteiger partial charge in [-0.25, -0.2) is 0 Å². The largest absolute Gasteiger partial charge is 0.375 e. The summed E-state index contributed by atoms with van der Waals surface area (Å²) in [6, 6.07) is 7.93. The standard InChI is InChI=1S/C17H26N2O2/c1-4-5-10-18(3)16-8-6-15(7-9-16)17(20)19-11-12-21-14(2)13-19/h6-9,14H,4-5,10-13H2,1-3H3/t14-/m0/s1. The van der Waals surface area contributed by atoms with Gasteiger partial charge in [-0.15, -0.1) is 0 Å². The van der Waals surface area contributed by atoms with Gasteiger partial charge in [-0.1, -0.05) is 13.3 Å². The van der Waals surface area contributed by atoms with Crippen LogP contribution in [0.1, 0.15) is 37.0 Å². The van der Waals surface area contributed by atoms with Crippen molar-refractivity contribution in [3.63, 3.8) is 0 Å². The number of ether oxygens (including phenoxy) is 1. The second-order valence-electron chi connectivity index (χ2n) is 5.75. The molecule has 1 aromatic carbocycles. The van der Waals surface area contributed by atoms with Crippen LogP contribution in [0.4, 0.5) is 5.69 Å². The summed E-state index contributed by atoms with van der Waals surface area (Å²) in [7, 11) is 2.09. The van der Waals surface area contributed by atoms with Crippen LogP contribution in [0, 0.1) is 0 Å². The van der Waals surface area contributed by atoms with Crippen molar-refractivity contribution in [1.29, 1.82) is 0 Å². The van der Waals surface area contributed by atoms with Gasteiger partial charge in [-0.3, -0.25) is 4.79 Å². The predicted molar refractivity (Wildman–Crippen MR) is 85.9 cm³/mol. The monoisotopic (exact) mass is 290 g/mol. The van der Waals surface area contributed by atoms with E-state index in [1.807, 2.05) is 36.1 Å². The molecule has 0 unspecified atom stereocenters. The Hall–Kier alpha value is -1.55. The number of benzene rings is 1. The molecule has 0 radical (unpaired) electrons. The molecular weight excluding hydrogens is 264 g/mol. The Morgan fingerprint density at radius 3 is 2.71 bits per heavy atom. The summed E-state index contributed by atoms with van der Waals surface area (Å²) in [5.41, 5.74) is 1.92. The molecule has 1 heterocycles. The van der Waals surface area contributed by atoms with E-state index < -0.39 is 0 Å². The van der Waals surface area contributed by atoms with Crippen LogP contribution in [0.5, 0.6) is 0 Å². The predicted octanol–water partition coefficient (Wildman–Crippen LogP) is 2.78. The molecule has 0 aliphatic carbocycles. The summed E-state index contributed by atoms with van der Waals surface area (Å²) >= 11 is 0. The van der Waals surface area contributed by atoms with Crippen LogP contribution >= 0.6 is 0 Å². The first kappa shape index (κ1) is 15.8. The van der Waals surface area contributed by atoms with Gasteiger partial charge < -0.3 is 14.5 Å². The summed E-state index contributed by atoms with van der Waals surface area (Å²) in [4.78, 5) is 16.6. The molecule has 1 fully saturated rings. The second-order valence-corrected chi connectivity index (χ2v) is 5.75. The van der Waals surface area contributed by atoms with E-state index in [9.17, 15) is 4.79 Å². The van der Waals surface area contributed by atoms with Gasteiger partial charge in [0.05, 0.1) is 12.7 Å². The number of nitrogens with zero attached hydrogens (tertiary/aromatic N) is 2. The van der Waals surface area contributed by atoms with Crippen LogP contribution in [-0.2, 0) is 4.74 Å². The number of anilines is 1. The van der Waals surface area contributed by atoms with E-state index in [-0.39, 0.29) is 12.0 Å². The van der Waals surface area contributed by atoms with Crippen molar-refractivity contribution in [3.8, 4) is 0 Å². The van der Waals surface area contributed by atoms with Crippen LogP contribution in [0.25, 0.3) is 0 Å². The first-order valence-electron chi connectivity index (χ1n) is 7.84. The highest BCUT2D eigenvalue weighted by Crippen LogP contribution is 2.17. The minimum Gasteiger partial charge on any atom is -0.375 e. The minimum atomic E-state index is 0.105. The van der Waals surface area contributed by atoms with Crippen LogP contribution < -0.4 is 4.90 Å². The highest BCUT2D eigenvalue weighted by Gasteiger charge is 2.22. The molecule has 1 aliphatic heterocycles. The number of carbonyl (C=O) groups is 1. The Morgan fingerprint density at radius 1 is 1.38 bits per heavy atom. The molecule has 4 nitrogen and oxygen atoms in total. The molecule has 1 aromatic rings. The number of hydrogen-bond acceptors (Lipinski definition) is 3. The number of carbonyl (C=O) groups excluding carboxylic acids is 1. The third kappa shape index (κ3) is 4.21. The van der Waals surface area contributed by atoms with Crippen molar-refractivity contribution in [3.05, 3.63) is 29.8 Å². The lowest BCUT2D eigenvalue weighted by Gasteiger charge is -2.31. The minimum absolute atomic E-state index is 0.105. The molecule has 0 aromatic heterocycles. The number of amides is 1. The first-order valence-corrected chi connectivity index (χ1v) is 7.84. The number of hydrogen-bond donors (Lipinski definition) is 0. The molecule has 1 aliphatic rings. The molecule has 0 N–H and O–H groups in total. The first-order chi connectivity index (χ1) is 10.1. The van der Waals surface area contributed by atoms with E-state index in [2.05, 4.69) is 18.9 Å². The van der Waals surface area contributed by atoms with E-state index in [4.69, 9.17) is 4.74 Å². The molecule has 1 atom stereocenters. The van der Waals surface area contributed by atoms with Crippen LogP contribution in [-0.4, -0.2) is 50.2 Å². The molecule has 4 heteroatoms. The lowest BCUT2D eigenvalue weighted by atomic mass is 10.1. The highest BCUT2D eigenvalue weighted by atomic mass is 16.5. The van der Waals surface area contributed by atoms with Gasteiger partial charge in [0.1, 0.15) is 0 Å². The van der Waals surface area contributed by atoms with E-state index in [0.717, 1.165) is 17.8 Å². The second kappa shape index (κ2) is 7.46. The van der Waals surface area contributed by atoms with E-state index >= 15 is 0 Å². The fourth-order valence-corrected chi connectivity index (χ4v) is 2.57. The normalized spacial score (nSPS) is 18.6. The van der Waals surface area contributed by atoms with E-state index in [1.54, 1.807) is 0 Å². The quantitative estimate of drug-likeness (QED) is 0.836. The summed E-state index contributed by atoms with van der Waals surface area (Å²) in [5, 5.41) is 0. The van der Waals surface area contributed by atoms with E-state index in [1.165, 1.54) is 12.8 Å². The summed E-state index contributed by atoms with van der Waals surface area (Å²) in [5.74, 6) is 0.105. The van der Waals surface area contributed by atoms with Gasteiger partial charge in [0.25, 0.3) is 5.91 Å². The fourth-order valence-electron chi connectivity index (χ4n) is 2.57. The Labute approximate surface area is 127 Å².